The summed E-state index contributed by atoms with van der Waals surface area (Å²) in [6, 6.07) is 43.9. The fourth-order valence-electron chi connectivity index (χ4n) is 6.63. The van der Waals surface area contributed by atoms with E-state index in [1.165, 1.54) is 50.1 Å². The average molecular weight is 651 g/mol. The number of fused-ring (bicyclic) bond motifs is 4. The van der Waals surface area contributed by atoms with Crippen LogP contribution in [0.4, 0.5) is 0 Å². The van der Waals surface area contributed by atoms with Gasteiger partial charge in [-0.2, -0.15) is 0 Å². The molecule has 5 aromatic rings. The Kier molecular flexibility index (Phi) is 8.82. The first-order valence-electron chi connectivity index (χ1n) is 13.9. The van der Waals surface area contributed by atoms with Gasteiger partial charge in [-0.3, -0.25) is 0 Å². The minimum atomic E-state index is -2.70. The second-order valence-electron chi connectivity index (χ2n) is 11.2. The van der Waals surface area contributed by atoms with Crippen molar-refractivity contribution in [3.63, 3.8) is 0 Å². The van der Waals surface area contributed by atoms with E-state index in [2.05, 4.69) is 142 Å². The molecule has 0 bridgehead atoms. The minimum Gasteiger partial charge on any atom is -1.00 e. The van der Waals surface area contributed by atoms with Gasteiger partial charge in [0, 0.05) is 0 Å². The maximum Gasteiger partial charge on any atom is -1.00 e. The van der Waals surface area contributed by atoms with Crippen molar-refractivity contribution >= 4 is 9.28 Å². The molecule has 7 rings (SSSR count). The number of benzene rings is 5. The van der Waals surface area contributed by atoms with E-state index in [9.17, 15) is 0 Å². The molecule has 5 aromatic carbocycles. The Morgan fingerprint density at radius 1 is 0.585 bits per heavy atom. The fourth-order valence-corrected chi connectivity index (χ4v) is 15.8. The van der Waals surface area contributed by atoms with E-state index in [-0.39, 0.29) is 24.8 Å². The summed E-state index contributed by atoms with van der Waals surface area (Å²) in [4.78, 5) is 0. The molecular weight excluding hydrogens is 619 g/mol. The molecule has 2 aliphatic carbocycles. The summed E-state index contributed by atoms with van der Waals surface area (Å²) >= 11 is -2.70. The molecule has 0 atom stereocenters. The largest absolute Gasteiger partial charge is 1.00 e. The third kappa shape index (κ3) is 5.41. The topological polar surface area (TPSA) is 0 Å². The Morgan fingerprint density at radius 2 is 1.07 bits per heavy atom. The molecule has 0 N–H and O–H groups in total. The molecule has 0 radical (unpaired) electrons. The summed E-state index contributed by atoms with van der Waals surface area (Å²) in [7, 11) is 0. The van der Waals surface area contributed by atoms with Gasteiger partial charge < -0.3 is 24.8 Å². The van der Waals surface area contributed by atoms with Crippen molar-refractivity contribution in [3.8, 4) is 11.1 Å². The minimum absolute atomic E-state index is 0. The van der Waals surface area contributed by atoms with Crippen molar-refractivity contribution in [1.82, 2.24) is 0 Å². The van der Waals surface area contributed by atoms with Crippen molar-refractivity contribution in [2.75, 3.05) is 0 Å². The fraction of sp³-hybridized carbons (Fsp3) is 0.132. The summed E-state index contributed by atoms with van der Waals surface area (Å²) in [5, 5.41) is 0. The number of aryl methyl sites for hydroxylation is 3. The molecule has 0 saturated carbocycles. The molecule has 0 spiro atoms. The number of hydrogen-bond donors (Lipinski definition) is 0. The smallest absolute Gasteiger partial charge is 1.00 e. The molecule has 2 aliphatic rings. The van der Waals surface area contributed by atoms with Crippen molar-refractivity contribution in [2.24, 2.45) is 0 Å². The summed E-state index contributed by atoms with van der Waals surface area (Å²) in [5.74, 6) is 0. The van der Waals surface area contributed by atoms with Crippen molar-refractivity contribution < 1.29 is 46.1 Å². The molecule has 0 saturated heterocycles. The molecule has 0 amide bonds. The van der Waals surface area contributed by atoms with E-state index in [1.807, 2.05) is 0 Å². The standard InChI is InChI=1S/C15H13.C13H10.C10H9.2ClH.Zr/c1-10-3-5-14-12(7-10)9-13-8-11(2)4-6-15(13)14;1-3-7-12(8-4-1)11-13-9-5-2-6-10-13;1-8-5-6-9-3-2-4-10(9)7-8;;;/h3-9H,1-2H3;1-10H;3,5-7H,4H2,1H3;2*1H;/q;;;;;+2/p-2. The van der Waals surface area contributed by atoms with Crippen LogP contribution < -0.4 is 24.8 Å². The SMILES string of the molecule is Cc1ccc2c(c1)C[C]([Zr+2](=[C](c1ccccc1)c1ccccc1)[CH]1c3cc(C)ccc3-c3ccc(C)cc31)=C2.[Cl-].[Cl-]. The van der Waals surface area contributed by atoms with E-state index in [0.29, 0.717) is 3.63 Å². The van der Waals surface area contributed by atoms with Crippen molar-refractivity contribution in [1.29, 1.82) is 0 Å². The van der Waals surface area contributed by atoms with Gasteiger partial charge in [-0.15, -0.1) is 0 Å². The first kappa shape index (κ1) is 29.7. The van der Waals surface area contributed by atoms with Crippen LogP contribution in [-0.4, -0.2) is 3.21 Å². The molecule has 0 heterocycles. The van der Waals surface area contributed by atoms with Gasteiger partial charge in [0.25, 0.3) is 0 Å². The van der Waals surface area contributed by atoms with Gasteiger partial charge in [0.15, 0.2) is 0 Å². The Hall–Kier alpha value is -2.83. The maximum atomic E-state index is 2.58. The van der Waals surface area contributed by atoms with Crippen LogP contribution >= 0.6 is 0 Å². The number of hydrogen-bond acceptors (Lipinski definition) is 0. The van der Waals surface area contributed by atoms with E-state index in [4.69, 9.17) is 0 Å². The van der Waals surface area contributed by atoms with Gasteiger partial charge in [0.05, 0.1) is 0 Å². The first-order chi connectivity index (χ1) is 19.1. The molecule has 0 aliphatic heterocycles. The van der Waals surface area contributed by atoms with E-state index >= 15 is 0 Å². The molecule has 0 fully saturated rings. The van der Waals surface area contributed by atoms with E-state index < -0.39 is 21.3 Å². The number of halogens is 2. The molecule has 0 nitrogen and oxygen atoms in total. The summed E-state index contributed by atoms with van der Waals surface area (Å²) < 4.78 is 3.75. The average Bonchev–Trinajstić information content (AvgIpc) is 3.50. The predicted molar refractivity (Wildman–Crippen MR) is 162 cm³/mol. The summed E-state index contributed by atoms with van der Waals surface area (Å²) in [5.41, 5.74) is 15.7. The van der Waals surface area contributed by atoms with Crippen molar-refractivity contribution in [2.45, 2.75) is 30.8 Å². The second kappa shape index (κ2) is 12.2. The number of rotatable bonds is 4. The van der Waals surface area contributed by atoms with Gasteiger partial charge in [-0.25, -0.2) is 0 Å². The van der Waals surface area contributed by atoms with Gasteiger partial charge in [0.2, 0.25) is 0 Å². The van der Waals surface area contributed by atoms with Crippen molar-refractivity contribution in [3.05, 3.63) is 169 Å². The van der Waals surface area contributed by atoms with Crippen LogP contribution in [0, 0.1) is 20.8 Å². The van der Waals surface area contributed by atoms with Crippen LogP contribution in [0.3, 0.4) is 0 Å². The molecule has 3 heteroatoms. The zero-order chi connectivity index (χ0) is 26.5. The van der Waals surface area contributed by atoms with Gasteiger partial charge in [-0.05, 0) is 0 Å². The van der Waals surface area contributed by atoms with Crippen LogP contribution in [0.25, 0.3) is 17.2 Å². The molecule has 202 valence electrons. The Labute approximate surface area is 264 Å². The van der Waals surface area contributed by atoms with Crippen LogP contribution in [0.5, 0.6) is 0 Å². The Balaban J connectivity index is 0.00000169. The third-order valence-electron chi connectivity index (χ3n) is 8.36. The normalized spacial score (nSPS) is 12.6. The van der Waals surface area contributed by atoms with E-state index in [1.54, 1.807) is 17.6 Å². The Bertz CT molecular complexity index is 1710. The monoisotopic (exact) mass is 648 g/mol. The molecular formula is C38H32Cl2Zr. The third-order valence-corrected chi connectivity index (χ3v) is 16.5. The molecule has 0 unspecified atom stereocenters. The zero-order valence-corrected chi connectivity index (χ0v) is 27.6. The summed E-state index contributed by atoms with van der Waals surface area (Å²) in [6.45, 7) is 6.72. The van der Waals surface area contributed by atoms with Gasteiger partial charge in [0.1, 0.15) is 0 Å². The number of allylic oxidation sites excluding steroid dienone is 1. The van der Waals surface area contributed by atoms with E-state index in [0.717, 1.165) is 6.42 Å². The van der Waals surface area contributed by atoms with Gasteiger partial charge >= 0.3 is 241 Å². The zero-order valence-electron chi connectivity index (χ0n) is 23.6. The first-order valence-corrected chi connectivity index (χ1v) is 17.8. The molecule has 41 heavy (non-hydrogen) atoms. The Morgan fingerprint density at radius 3 is 1.61 bits per heavy atom. The van der Waals surface area contributed by atoms with Gasteiger partial charge in [-0.1, -0.05) is 0 Å². The molecule has 0 aromatic heterocycles. The summed E-state index contributed by atoms with van der Waals surface area (Å²) in [6.07, 6.45) is 3.66. The quantitative estimate of drug-likeness (QED) is 0.281. The van der Waals surface area contributed by atoms with Crippen LogP contribution in [0.15, 0.2) is 119 Å². The van der Waals surface area contributed by atoms with Crippen LogP contribution in [-0.2, 0) is 27.7 Å². The van der Waals surface area contributed by atoms with Crippen LogP contribution in [0.2, 0.25) is 0 Å². The maximum absolute atomic E-state index is 2.70. The second-order valence-corrected chi connectivity index (χ2v) is 17.4. The predicted octanol–water partition coefficient (Wildman–Crippen LogP) is 3.17. The van der Waals surface area contributed by atoms with Crippen LogP contribution in [0.1, 0.15) is 53.7 Å².